The van der Waals surface area contributed by atoms with Gasteiger partial charge >= 0.3 is 6.18 Å². The highest BCUT2D eigenvalue weighted by atomic mass is 32.1. The lowest BCUT2D eigenvalue weighted by Crippen LogP contribution is -2.35. The van der Waals surface area contributed by atoms with Crippen LogP contribution in [0.3, 0.4) is 0 Å². The molecule has 1 aromatic carbocycles. The van der Waals surface area contributed by atoms with Gasteiger partial charge in [-0.3, -0.25) is 9.59 Å². The van der Waals surface area contributed by atoms with Gasteiger partial charge in [0.2, 0.25) is 5.91 Å². The average molecular weight is 486 g/mol. The quantitative estimate of drug-likeness (QED) is 0.552. The number of pyridine rings is 1. The predicted molar refractivity (Wildman–Crippen MR) is 113 cm³/mol. The van der Waals surface area contributed by atoms with Crippen LogP contribution in [0.1, 0.15) is 30.6 Å². The molecule has 11 heteroatoms. The molecule has 2 aromatic heterocycles. The van der Waals surface area contributed by atoms with Crippen molar-refractivity contribution in [1.82, 2.24) is 9.47 Å². The van der Waals surface area contributed by atoms with E-state index in [1.807, 2.05) is 0 Å². The lowest BCUT2D eigenvalue weighted by molar-refractivity contribution is -0.140. The number of aliphatic hydroxyl groups is 1. The van der Waals surface area contributed by atoms with Crippen LogP contribution in [0.15, 0.2) is 34.6 Å². The smallest absolute Gasteiger partial charge is 0.389 e. The van der Waals surface area contributed by atoms with E-state index in [0.717, 1.165) is 22.0 Å². The summed E-state index contributed by atoms with van der Waals surface area (Å²) in [5.74, 6) is -1.92. The van der Waals surface area contributed by atoms with E-state index >= 15 is 0 Å². The highest BCUT2D eigenvalue weighted by molar-refractivity contribution is 7.18. The minimum atomic E-state index is -4.92. The number of benzene rings is 1. The number of amides is 1. The van der Waals surface area contributed by atoms with Crippen molar-refractivity contribution in [3.05, 3.63) is 57.1 Å². The van der Waals surface area contributed by atoms with Gasteiger partial charge in [0.15, 0.2) is 0 Å². The van der Waals surface area contributed by atoms with Crippen molar-refractivity contribution in [3.8, 4) is 11.1 Å². The van der Waals surface area contributed by atoms with Gasteiger partial charge in [-0.2, -0.15) is 13.2 Å². The molecule has 0 aliphatic carbocycles. The Balaban J connectivity index is 1.85. The number of alkyl halides is 4. The summed E-state index contributed by atoms with van der Waals surface area (Å²) in [5, 5.41) is 11.7. The van der Waals surface area contributed by atoms with E-state index in [4.69, 9.17) is 0 Å². The molecule has 1 fully saturated rings. The first kappa shape index (κ1) is 23.4. The van der Waals surface area contributed by atoms with Gasteiger partial charge in [-0.05, 0) is 31.0 Å². The molecule has 2 unspecified atom stereocenters. The summed E-state index contributed by atoms with van der Waals surface area (Å²) < 4.78 is 68.3. The third-order valence-electron chi connectivity index (χ3n) is 5.64. The van der Waals surface area contributed by atoms with Gasteiger partial charge in [-0.15, -0.1) is 11.3 Å². The van der Waals surface area contributed by atoms with Crippen molar-refractivity contribution < 1.29 is 31.9 Å². The molecule has 4 rings (SSSR count). The molecule has 0 radical (unpaired) electrons. The molecule has 0 bridgehead atoms. The van der Waals surface area contributed by atoms with Crippen LogP contribution in [0.25, 0.3) is 21.2 Å². The monoisotopic (exact) mass is 486 g/mol. The second-order valence-corrected chi connectivity index (χ2v) is 8.84. The molecule has 1 aliphatic heterocycles. The Kier molecular flexibility index (Phi) is 6.04. The number of fused-ring (bicyclic) bond motifs is 1. The summed E-state index contributed by atoms with van der Waals surface area (Å²) in [5.41, 5.74) is -1.67. The first-order valence-corrected chi connectivity index (χ1v) is 11.0. The Hall–Kier alpha value is -2.79. The minimum absolute atomic E-state index is 0.0208. The van der Waals surface area contributed by atoms with Crippen LogP contribution in [0, 0.1) is 5.82 Å². The van der Waals surface area contributed by atoms with Crippen molar-refractivity contribution >= 4 is 27.3 Å². The SMILES string of the molecule is CC(O)c1cn(CC(=O)N2CCC(F)C2)c(=O)c2c(-c3ccc(F)c(C(F)(F)F)c3)csc12. The number of aliphatic hydroxyl groups excluding tert-OH is 1. The zero-order valence-corrected chi connectivity index (χ0v) is 18.1. The van der Waals surface area contributed by atoms with Crippen molar-refractivity contribution in [2.45, 2.75) is 38.3 Å². The number of halogens is 5. The van der Waals surface area contributed by atoms with Gasteiger partial charge in [-0.25, -0.2) is 8.78 Å². The van der Waals surface area contributed by atoms with E-state index in [0.29, 0.717) is 22.4 Å². The zero-order chi connectivity index (χ0) is 24.1. The van der Waals surface area contributed by atoms with Crippen LogP contribution in [0.2, 0.25) is 0 Å². The van der Waals surface area contributed by atoms with Gasteiger partial charge in [-0.1, -0.05) is 6.07 Å². The van der Waals surface area contributed by atoms with Crippen LogP contribution in [0.4, 0.5) is 22.0 Å². The molecule has 0 spiro atoms. The Labute approximate surface area is 188 Å². The van der Waals surface area contributed by atoms with Crippen molar-refractivity contribution in [2.24, 2.45) is 0 Å². The molecule has 0 saturated carbocycles. The Morgan fingerprint density at radius 3 is 2.67 bits per heavy atom. The fourth-order valence-corrected chi connectivity index (χ4v) is 5.10. The van der Waals surface area contributed by atoms with Gasteiger partial charge in [0.05, 0.1) is 23.6 Å². The number of nitrogens with zero attached hydrogens (tertiary/aromatic N) is 2. The summed E-state index contributed by atoms with van der Waals surface area (Å²) in [6.07, 6.45) is -5.55. The number of thiophene rings is 1. The summed E-state index contributed by atoms with van der Waals surface area (Å²) in [6.45, 7) is 1.20. The van der Waals surface area contributed by atoms with Gasteiger partial charge < -0.3 is 14.6 Å². The molecule has 1 aliphatic rings. The Bertz CT molecular complexity index is 1280. The van der Waals surface area contributed by atoms with E-state index < -0.39 is 47.8 Å². The van der Waals surface area contributed by atoms with Crippen molar-refractivity contribution in [2.75, 3.05) is 13.1 Å². The summed E-state index contributed by atoms with van der Waals surface area (Å²) >= 11 is 1.06. The molecule has 5 nitrogen and oxygen atoms in total. The van der Waals surface area contributed by atoms with Crippen LogP contribution in [-0.2, 0) is 17.5 Å². The summed E-state index contributed by atoms with van der Waals surface area (Å²) in [7, 11) is 0. The van der Waals surface area contributed by atoms with E-state index in [1.54, 1.807) is 0 Å². The fourth-order valence-electron chi connectivity index (χ4n) is 3.94. The third kappa shape index (κ3) is 4.39. The maximum Gasteiger partial charge on any atom is 0.419 e. The third-order valence-corrected chi connectivity index (χ3v) is 6.67. The van der Waals surface area contributed by atoms with Gasteiger partial charge in [0.1, 0.15) is 18.5 Å². The van der Waals surface area contributed by atoms with E-state index in [1.165, 1.54) is 23.4 Å². The summed E-state index contributed by atoms with van der Waals surface area (Å²) in [6, 6.07) is 2.46. The molecule has 2 atom stereocenters. The largest absolute Gasteiger partial charge is 0.419 e. The molecule has 1 amide bonds. The van der Waals surface area contributed by atoms with Crippen LogP contribution < -0.4 is 5.56 Å². The Morgan fingerprint density at radius 2 is 2.06 bits per heavy atom. The van der Waals surface area contributed by atoms with Crippen LogP contribution >= 0.6 is 11.3 Å². The number of aromatic nitrogens is 1. The minimum Gasteiger partial charge on any atom is -0.389 e. The highest BCUT2D eigenvalue weighted by Gasteiger charge is 2.34. The topological polar surface area (TPSA) is 62.5 Å². The first-order chi connectivity index (χ1) is 15.5. The normalized spacial score (nSPS) is 17.7. The van der Waals surface area contributed by atoms with Crippen LogP contribution in [0.5, 0.6) is 0 Å². The van der Waals surface area contributed by atoms with Gasteiger partial charge in [0, 0.05) is 33.9 Å². The number of carbonyl (C=O) groups is 1. The second kappa shape index (κ2) is 8.53. The maximum absolute atomic E-state index is 13.8. The lowest BCUT2D eigenvalue weighted by Gasteiger charge is -2.17. The lowest BCUT2D eigenvalue weighted by atomic mass is 10.0. The molecule has 1 N–H and O–H groups in total. The average Bonchev–Trinajstić information content (AvgIpc) is 3.36. The highest BCUT2D eigenvalue weighted by Crippen LogP contribution is 2.39. The van der Waals surface area contributed by atoms with Gasteiger partial charge in [0.25, 0.3) is 5.56 Å². The molecule has 33 heavy (non-hydrogen) atoms. The predicted octanol–water partition coefficient (Wildman–Crippen LogP) is 4.51. The number of hydrogen-bond donors (Lipinski definition) is 1. The number of rotatable bonds is 4. The zero-order valence-electron chi connectivity index (χ0n) is 17.3. The fraction of sp³-hybridized carbons (Fsp3) is 0.364. The number of hydrogen-bond acceptors (Lipinski definition) is 4. The molecular formula is C22H19F5N2O3S. The maximum atomic E-state index is 13.8. The molecule has 3 heterocycles. The van der Waals surface area contributed by atoms with E-state index in [2.05, 4.69) is 0 Å². The van der Waals surface area contributed by atoms with E-state index in [9.17, 15) is 36.6 Å². The second-order valence-electron chi connectivity index (χ2n) is 7.97. The first-order valence-electron chi connectivity index (χ1n) is 10.1. The standard InChI is InChI=1S/C22H19F5N2O3S/c1-11(30)14-8-29(9-18(31)28-5-4-13(23)7-28)21(32)19-15(10-33-20(14)19)12-2-3-17(24)16(6-12)22(25,26)27/h2-3,6,8,10-11,13,30H,4-5,7,9H2,1H3. The summed E-state index contributed by atoms with van der Waals surface area (Å²) in [4.78, 5) is 27.2. The molecule has 1 saturated heterocycles. The molecule has 3 aromatic rings. The Morgan fingerprint density at radius 1 is 1.33 bits per heavy atom. The number of carbonyl (C=O) groups excluding carboxylic acids is 1. The van der Waals surface area contributed by atoms with Crippen LogP contribution in [-0.4, -0.2) is 39.7 Å². The molecule has 176 valence electrons. The molecular weight excluding hydrogens is 467 g/mol. The van der Waals surface area contributed by atoms with E-state index in [-0.39, 0.29) is 36.0 Å². The van der Waals surface area contributed by atoms with Crippen molar-refractivity contribution in [3.63, 3.8) is 0 Å². The number of likely N-dealkylation sites (tertiary alicyclic amines) is 1. The van der Waals surface area contributed by atoms with Crippen molar-refractivity contribution in [1.29, 1.82) is 0 Å².